The van der Waals surface area contributed by atoms with Crippen molar-refractivity contribution in [1.29, 1.82) is 0 Å². The van der Waals surface area contributed by atoms with Crippen molar-refractivity contribution in [3.8, 4) is 34.5 Å². The Hall–Kier alpha value is -4.17. The molecule has 8 nitrogen and oxygen atoms in total. The molecule has 180 valence electrons. The first-order valence-electron chi connectivity index (χ1n) is 11.1. The van der Waals surface area contributed by atoms with E-state index < -0.39 is 0 Å². The molecule has 0 unspecified atom stereocenters. The van der Waals surface area contributed by atoms with Gasteiger partial charge in [0.05, 0.1) is 32.3 Å². The summed E-state index contributed by atoms with van der Waals surface area (Å²) in [7, 11) is 4.77. The zero-order chi connectivity index (χ0) is 24.4. The summed E-state index contributed by atoms with van der Waals surface area (Å²) in [6.45, 7) is 1.58. The summed E-state index contributed by atoms with van der Waals surface area (Å²) in [5, 5.41) is 0.424. The van der Waals surface area contributed by atoms with Crippen molar-refractivity contribution in [2.45, 2.75) is 13.1 Å². The van der Waals surface area contributed by atoms with E-state index in [0.717, 1.165) is 11.1 Å². The average molecular weight is 475 g/mol. The Morgan fingerprint density at radius 1 is 0.857 bits per heavy atom. The van der Waals surface area contributed by atoms with Gasteiger partial charge in [-0.15, -0.1) is 0 Å². The Morgan fingerprint density at radius 2 is 1.60 bits per heavy atom. The molecule has 0 N–H and O–H groups in total. The Labute approximate surface area is 202 Å². The van der Waals surface area contributed by atoms with Crippen LogP contribution in [0.2, 0.25) is 0 Å². The SMILES string of the molecule is COc1ccc(CN2COc3ccc4c(=O)c(Oc5ccccc5OC)coc4c3C2)cc1OC. The normalized spacial score (nSPS) is 13.1. The minimum absolute atomic E-state index is 0.0841. The largest absolute Gasteiger partial charge is 0.493 e. The van der Waals surface area contributed by atoms with Gasteiger partial charge in [-0.2, -0.15) is 0 Å². The molecular formula is C27H25NO7. The van der Waals surface area contributed by atoms with Gasteiger partial charge in [-0.25, -0.2) is 0 Å². The van der Waals surface area contributed by atoms with Crippen LogP contribution in [-0.2, 0) is 13.1 Å². The number of methoxy groups -OCH3 is 3. The molecule has 0 bridgehead atoms. The summed E-state index contributed by atoms with van der Waals surface area (Å²) in [6.07, 6.45) is 1.34. The second kappa shape index (κ2) is 9.60. The molecule has 0 atom stereocenters. The zero-order valence-corrected chi connectivity index (χ0v) is 19.7. The first-order valence-corrected chi connectivity index (χ1v) is 11.1. The number of ether oxygens (including phenoxy) is 5. The number of nitrogens with zero attached hydrogens (tertiary/aromatic N) is 1. The van der Waals surface area contributed by atoms with Crippen LogP contribution >= 0.6 is 0 Å². The highest BCUT2D eigenvalue weighted by Gasteiger charge is 2.23. The molecule has 1 aliphatic rings. The summed E-state index contributed by atoms with van der Waals surface area (Å²) in [5.74, 6) is 3.09. The van der Waals surface area contributed by atoms with Crippen LogP contribution in [0.4, 0.5) is 0 Å². The van der Waals surface area contributed by atoms with Gasteiger partial charge in [0.1, 0.15) is 24.3 Å². The van der Waals surface area contributed by atoms with Crippen molar-refractivity contribution < 1.29 is 28.1 Å². The van der Waals surface area contributed by atoms with Crippen LogP contribution < -0.4 is 29.1 Å². The van der Waals surface area contributed by atoms with Crippen LogP contribution in [0.5, 0.6) is 34.5 Å². The van der Waals surface area contributed by atoms with E-state index in [1.165, 1.54) is 6.26 Å². The van der Waals surface area contributed by atoms with E-state index in [1.807, 2.05) is 24.3 Å². The third-order valence-corrected chi connectivity index (χ3v) is 5.90. The zero-order valence-electron chi connectivity index (χ0n) is 19.7. The van der Waals surface area contributed by atoms with Crippen LogP contribution in [-0.4, -0.2) is 33.0 Å². The lowest BCUT2D eigenvalue weighted by Gasteiger charge is -2.29. The van der Waals surface area contributed by atoms with Gasteiger partial charge in [0.25, 0.3) is 0 Å². The van der Waals surface area contributed by atoms with Crippen molar-refractivity contribution in [1.82, 2.24) is 4.90 Å². The Bertz CT molecular complexity index is 1430. The molecule has 0 amide bonds. The maximum absolute atomic E-state index is 13.2. The molecule has 0 saturated carbocycles. The molecule has 0 fully saturated rings. The number of hydrogen-bond acceptors (Lipinski definition) is 8. The van der Waals surface area contributed by atoms with Crippen molar-refractivity contribution in [3.63, 3.8) is 0 Å². The fourth-order valence-corrected chi connectivity index (χ4v) is 4.17. The van der Waals surface area contributed by atoms with Crippen molar-refractivity contribution in [3.05, 3.63) is 82.2 Å². The van der Waals surface area contributed by atoms with Gasteiger partial charge in [0.2, 0.25) is 11.2 Å². The van der Waals surface area contributed by atoms with E-state index in [4.69, 9.17) is 28.1 Å². The fourth-order valence-electron chi connectivity index (χ4n) is 4.17. The molecule has 1 aromatic heterocycles. The highest BCUT2D eigenvalue weighted by molar-refractivity contribution is 5.83. The first-order chi connectivity index (χ1) is 17.1. The second-order valence-corrected chi connectivity index (χ2v) is 8.05. The Balaban J connectivity index is 1.43. The summed E-state index contributed by atoms with van der Waals surface area (Å²) >= 11 is 0. The van der Waals surface area contributed by atoms with Gasteiger partial charge in [-0.3, -0.25) is 9.69 Å². The quantitative estimate of drug-likeness (QED) is 0.371. The van der Waals surface area contributed by atoms with Gasteiger partial charge in [-0.05, 0) is 42.0 Å². The molecule has 0 spiro atoms. The average Bonchev–Trinajstić information content (AvgIpc) is 2.90. The van der Waals surface area contributed by atoms with Crippen LogP contribution in [0.15, 0.2) is 70.1 Å². The van der Waals surface area contributed by atoms with Crippen molar-refractivity contribution in [2.75, 3.05) is 28.1 Å². The lowest BCUT2D eigenvalue weighted by Crippen LogP contribution is -2.31. The van der Waals surface area contributed by atoms with E-state index >= 15 is 0 Å². The topological polar surface area (TPSA) is 79.6 Å². The summed E-state index contributed by atoms with van der Waals surface area (Å²) in [5.41, 5.74) is 2.08. The minimum atomic E-state index is -0.267. The number of rotatable bonds is 7. The lowest BCUT2D eigenvalue weighted by atomic mass is 10.1. The number of benzene rings is 3. The van der Waals surface area contributed by atoms with Crippen molar-refractivity contribution in [2.24, 2.45) is 0 Å². The van der Waals surface area contributed by atoms with E-state index in [9.17, 15) is 4.79 Å². The third kappa shape index (κ3) is 4.36. The maximum atomic E-state index is 13.2. The summed E-state index contributed by atoms with van der Waals surface area (Å²) in [6, 6.07) is 16.4. The predicted octanol–water partition coefficient (Wildman–Crippen LogP) is 4.96. The summed E-state index contributed by atoms with van der Waals surface area (Å²) < 4.78 is 33.8. The van der Waals surface area contributed by atoms with E-state index in [2.05, 4.69) is 4.90 Å². The Morgan fingerprint density at radius 3 is 2.37 bits per heavy atom. The smallest absolute Gasteiger partial charge is 0.235 e. The van der Waals surface area contributed by atoms with E-state index in [0.29, 0.717) is 59.5 Å². The molecule has 4 aromatic rings. The van der Waals surface area contributed by atoms with Gasteiger partial charge in [0, 0.05) is 13.1 Å². The standard InChI is InChI=1S/C27H25NO7/c1-30-21-6-4-5-7-23(21)35-25-15-33-27-18(26(25)29)9-11-20-19(27)14-28(16-34-20)13-17-8-10-22(31-2)24(12-17)32-3/h4-12,15H,13-14,16H2,1-3H3. The monoisotopic (exact) mass is 475 g/mol. The molecule has 3 aromatic carbocycles. The van der Waals surface area contributed by atoms with Crippen LogP contribution in [0.3, 0.4) is 0 Å². The Kier molecular flexibility index (Phi) is 6.20. The summed E-state index contributed by atoms with van der Waals surface area (Å²) in [4.78, 5) is 15.3. The highest BCUT2D eigenvalue weighted by atomic mass is 16.5. The first kappa shape index (κ1) is 22.6. The molecule has 8 heteroatoms. The third-order valence-electron chi connectivity index (χ3n) is 5.90. The molecule has 35 heavy (non-hydrogen) atoms. The maximum Gasteiger partial charge on any atom is 0.235 e. The van der Waals surface area contributed by atoms with Gasteiger partial charge >= 0.3 is 0 Å². The molecule has 0 aliphatic carbocycles. The number of hydrogen-bond donors (Lipinski definition) is 0. The minimum Gasteiger partial charge on any atom is -0.493 e. The van der Waals surface area contributed by atoms with Crippen LogP contribution in [0.1, 0.15) is 11.1 Å². The molecule has 0 saturated heterocycles. The number of para-hydroxylation sites is 2. The lowest BCUT2D eigenvalue weighted by molar-refractivity contribution is 0.0889. The second-order valence-electron chi connectivity index (χ2n) is 8.05. The highest BCUT2D eigenvalue weighted by Crippen LogP contribution is 2.35. The van der Waals surface area contributed by atoms with Gasteiger partial charge in [-0.1, -0.05) is 18.2 Å². The molecule has 5 rings (SSSR count). The van der Waals surface area contributed by atoms with Gasteiger partial charge < -0.3 is 28.1 Å². The molecule has 0 radical (unpaired) electrons. The van der Waals surface area contributed by atoms with E-state index in [1.54, 1.807) is 51.7 Å². The molecule has 2 heterocycles. The van der Waals surface area contributed by atoms with Crippen LogP contribution in [0.25, 0.3) is 11.0 Å². The molecular weight excluding hydrogens is 450 g/mol. The van der Waals surface area contributed by atoms with Crippen molar-refractivity contribution >= 4 is 11.0 Å². The van der Waals surface area contributed by atoms with Gasteiger partial charge in [0.15, 0.2) is 23.0 Å². The predicted molar refractivity (Wildman–Crippen MR) is 130 cm³/mol. The molecule has 1 aliphatic heterocycles. The van der Waals surface area contributed by atoms with Crippen LogP contribution in [0, 0.1) is 0 Å². The number of fused-ring (bicyclic) bond motifs is 3. The van der Waals surface area contributed by atoms with E-state index in [-0.39, 0.29) is 11.2 Å². The fraction of sp³-hybridized carbons (Fsp3) is 0.222.